The lowest BCUT2D eigenvalue weighted by Gasteiger charge is -2.16. The summed E-state index contributed by atoms with van der Waals surface area (Å²) in [5.74, 6) is 1.24. The van der Waals surface area contributed by atoms with Crippen LogP contribution in [-0.4, -0.2) is 26.0 Å². The molecule has 0 amide bonds. The van der Waals surface area contributed by atoms with E-state index in [1.807, 2.05) is 0 Å². The second kappa shape index (κ2) is 7.04. The van der Waals surface area contributed by atoms with Crippen molar-refractivity contribution >= 4 is 21.7 Å². The number of hydrogen-bond acceptors (Lipinski definition) is 5. The molecule has 8 heteroatoms. The van der Waals surface area contributed by atoms with Crippen molar-refractivity contribution in [2.24, 2.45) is 5.14 Å². The summed E-state index contributed by atoms with van der Waals surface area (Å²) in [5, 5.41) is 17.1. The van der Waals surface area contributed by atoms with Crippen LogP contribution in [0.2, 0.25) is 0 Å². The molecule has 0 aliphatic rings. The summed E-state index contributed by atoms with van der Waals surface area (Å²) in [6.45, 7) is 0.0400. The normalized spacial score (nSPS) is 10.7. The van der Waals surface area contributed by atoms with Crippen LogP contribution >= 0.6 is 0 Å². The van der Waals surface area contributed by atoms with Crippen molar-refractivity contribution in [1.82, 2.24) is 0 Å². The second-order valence-corrected chi connectivity index (χ2v) is 6.20. The van der Waals surface area contributed by atoms with Crippen molar-refractivity contribution in [2.45, 2.75) is 4.90 Å². The van der Waals surface area contributed by atoms with Crippen LogP contribution in [-0.2, 0) is 10.0 Å². The molecule has 2 aromatic rings. The maximum absolute atomic E-state index is 11.9. The summed E-state index contributed by atoms with van der Waals surface area (Å²) in [7, 11) is -4.24. The monoisotopic (exact) mass is 346 g/mol. The number of sulfonamides is 1. The molecular weight excluding hydrogens is 332 g/mol. The van der Waals surface area contributed by atoms with Crippen LogP contribution in [0.1, 0.15) is 10.4 Å². The van der Waals surface area contributed by atoms with Gasteiger partial charge >= 0.3 is 5.97 Å². The third-order valence-electron chi connectivity index (χ3n) is 2.95. The van der Waals surface area contributed by atoms with Gasteiger partial charge < -0.3 is 15.2 Å². The van der Waals surface area contributed by atoms with E-state index >= 15 is 0 Å². The Kier molecular flexibility index (Phi) is 5.08. The molecule has 0 saturated carbocycles. The highest BCUT2D eigenvalue weighted by atomic mass is 32.2. The van der Waals surface area contributed by atoms with Gasteiger partial charge in [0.15, 0.2) is 5.75 Å². The number of anilines is 1. The van der Waals surface area contributed by atoms with Crippen LogP contribution in [0.5, 0.6) is 11.5 Å². The molecule has 124 valence electrons. The minimum atomic E-state index is -4.24. The molecule has 0 atom stereocenters. The standard InChI is InChI=1S/C16H14N2O5S/c1-2-8-18-13-9-11(16(19)20)10-14(24(17,21)22)15(13)23-12-6-4-3-5-7-12/h1,3-7,9-10,18H,8H2,(H,19,20)(H2,17,21,22). The lowest BCUT2D eigenvalue weighted by Crippen LogP contribution is -2.16. The van der Waals surface area contributed by atoms with E-state index in [9.17, 15) is 13.2 Å². The number of rotatable bonds is 6. The average Bonchev–Trinajstić information content (AvgIpc) is 2.53. The van der Waals surface area contributed by atoms with Gasteiger partial charge in [0.25, 0.3) is 0 Å². The topological polar surface area (TPSA) is 119 Å². The number of carboxylic acids is 1. The van der Waals surface area contributed by atoms with E-state index in [-0.39, 0.29) is 23.5 Å². The number of aromatic carboxylic acids is 1. The van der Waals surface area contributed by atoms with Gasteiger partial charge in [0.2, 0.25) is 10.0 Å². The summed E-state index contributed by atoms with van der Waals surface area (Å²) in [6, 6.07) is 10.6. The zero-order chi connectivity index (χ0) is 17.7. The van der Waals surface area contributed by atoms with E-state index in [2.05, 4.69) is 11.2 Å². The molecule has 0 fully saturated rings. The fourth-order valence-electron chi connectivity index (χ4n) is 1.93. The smallest absolute Gasteiger partial charge is 0.335 e. The summed E-state index contributed by atoms with van der Waals surface area (Å²) < 4.78 is 29.4. The Morgan fingerprint density at radius 1 is 1.29 bits per heavy atom. The lowest BCUT2D eigenvalue weighted by atomic mass is 10.2. The van der Waals surface area contributed by atoms with E-state index < -0.39 is 20.9 Å². The van der Waals surface area contributed by atoms with E-state index in [0.29, 0.717) is 5.75 Å². The fraction of sp³-hybridized carbons (Fsp3) is 0.0625. The Hall–Kier alpha value is -3.02. The zero-order valence-electron chi connectivity index (χ0n) is 12.4. The molecule has 0 spiro atoms. The van der Waals surface area contributed by atoms with Crippen LogP contribution in [0, 0.1) is 12.3 Å². The number of terminal acetylenes is 1. The minimum Gasteiger partial charge on any atom is -0.478 e. The predicted octanol–water partition coefficient (Wildman–Crippen LogP) is 1.87. The summed E-state index contributed by atoms with van der Waals surface area (Å²) in [5.41, 5.74) is -0.153. The molecule has 0 saturated heterocycles. The largest absolute Gasteiger partial charge is 0.478 e. The van der Waals surface area contributed by atoms with Crippen molar-refractivity contribution in [2.75, 3.05) is 11.9 Å². The number of nitrogens with one attached hydrogen (secondary N) is 1. The maximum Gasteiger partial charge on any atom is 0.335 e. The Morgan fingerprint density at radius 3 is 2.50 bits per heavy atom. The fourth-order valence-corrected chi connectivity index (χ4v) is 2.63. The van der Waals surface area contributed by atoms with Crippen molar-refractivity contribution < 1.29 is 23.1 Å². The highest BCUT2D eigenvalue weighted by Crippen LogP contribution is 2.37. The molecule has 7 nitrogen and oxygen atoms in total. The van der Waals surface area contributed by atoms with Gasteiger partial charge in [-0.25, -0.2) is 18.4 Å². The zero-order valence-corrected chi connectivity index (χ0v) is 13.2. The van der Waals surface area contributed by atoms with Gasteiger partial charge in [-0.15, -0.1) is 6.42 Å². The maximum atomic E-state index is 11.9. The molecule has 4 N–H and O–H groups in total. The highest BCUT2D eigenvalue weighted by molar-refractivity contribution is 7.89. The van der Waals surface area contributed by atoms with Crippen LogP contribution in [0.3, 0.4) is 0 Å². The summed E-state index contributed by atoms with van der Waals surface area (Å²) >= 11 is 0. The quantitative estimate of drug-likeness (QED) is 0.687. The van der Waals surface area contributed by atoms with Crippen molar-refractivity contribution in [1.29, 1.82) is 0 Å². The number of carboxylic acid groups (broad SMARTS) is 1. The molecule has 2 aromatic carbocycles. The molecule has 0 heterocycles. The molecule has 2 rings (SSSR count). The first-order chi connectivity index (χ1) is 11.3. The highest BCUT2D eigenvalue weighted by Gasteiger charge is 2.23. The molecule has 24 heavy (non-hydrogen) atoms. The first kappa shape index (κ1) is 17.3. The SMILES string of the molecule is C#CCNc1cc(C(=O)O)cc(S(N)(=O)=O)c1Oc1ccccc1. The molecule has 0 radical (unpaired) electrons. The molecule has 0 aliphatic carbocycles. The Labute approximate surface area is 139 Å². The van der Waals surface area contributed by atoms with Gasteiger partial charge in [-0.3, -0.25) is 0 Å². The third kappa shape index (κ3) is 4.04. The second-order valence-electron chi connectivity index (χ2n) is 4.67. The molecule has 0 aliphatic heterocycles. The Morgan fingerprint density at radius 2 is 1.96 bits per heavy atom. The first-order valence-corrected chi connectivity index (χ1v) is 8.22. The number of ether oxygens (including phenoxy) is 1. The predicted molar refractivity (Wildman–Crippen MR) is 88.6 cm³/mol. The van der Waals surface area contributed by atoms with Gasteiger partial charge in [-0.1, -0.05) is 24.1 Å². The number of benzene rings is 2. The Bertz CT molecular complexity index is 902. The number of primary sulfonamides is 1. The summed E-state index contributed by atoms with van der Waals surface area (Å²) in [4.78, 5) is 10.8. The van der Waals surface area contributed by atoms with Gasteiger partial charge in [-0.2, -0.15) is 0 Å². The van der Waals surface area contributed by atoms with Gasteiger partial charge in [-0.05, 0) is 24.3 Å². The van der Waals surface area contributed by atoms with Gasteiger partial charge in [0.05, 0.1) is 17.8 Å². The first-order valence-electron chi connectivity index (χ1n) is 6.67. The number of hydrogen-bond donors (Lipinski definition) is 3. The Balaban J connectivity index is 2.67. The van der Waals surface area contributed by atoms with E-state index in [1.165, 1.54) is 6.07 Å². The van der Waals surface area contributed by atoms with E-state index in [4.69, 9.17) is 21.4 Å². The van der Waals surface area contributed by atoms with Crippen LogP contribution in [0.15, 0.2) is 47.4 Å². The number of nitrogens with two attached hydrogens (primary N) is 1. The van der Waals surface area contributed by atoms with Gasteiger partial charge in [0, 0.05) is 0 Å². The minimum absolute atomic E-state index is 0.0400. The van der Waals surface area contributed by atoms with Crippen molar-refractivity contribution in [3.05, 3.63) is 48.0 Å². The third-order valence-corrected chi connectivity index (χ3v) is 3.87. The van der Waals surface area contributed by atoms with Crippen molar-refractivity contribution in [3.8, 4) is 23.8 Å². The van der Waals surface area contributed by atoms with Crippen molar-refractivity contribution in [3.63, 3.8) is 0 Å². The van der Waals surface area contributed by atoms with E-state index in [0.717, 1.165) is 6.07 Å². The van der Waals surface area contributed by atoms with Gasteiger partial charge in [0.1, 0.15) is 10.6 Å². The average molecular weight is 346 g/mol. The van der Waals surface area contributed by atoms with Crippen LogP contribution < -0.4 is 15.2 Å². The van der Waals surface area contributed by atoms with Crippen LogP contribution in [0.4, 0.5) is 5.69 Å². The van der Waals surface area contributed by atoms with E-state index in [1.54, 1.807) is 30.3 Å². The molecule has 0 aromatic heterocycles. The molecule has 0 bridgehead atoms. The lowest BCUT2D eigenvalue weighted by molar-refractivity contribution is 0.0696. The molecule has 0 unspecified atom stereocenters. The number of carbonyl (C=O) groups is 1. The summed E-state index contributed by atoms with van der Waals surface area (Å²) in [6.07, 6.45) is 5.19. The van der Waals surface area contributed by atoms with Crippen LogP contribution in [0.25, 0.3) is 0 Å². The molecular formula is C16H14N2O5S. The number of para-hydroxylation sites is 1.